The number of amides is 8. The van der Waals surface area contributed by atoms with Gasteiger partial charge < -0.3 is 46.9 Å². The van der Waals surface area contributed by atoms with Crippen molar-refractivity contribution in [3.8, 4) is 0 Å². The summed E-state index contributed by atoms with van der Waals surface area (Å²) in [6, 6.07) is 3.60. The summed E-state index contributed by atoms with van der Waals surface area (Å²) in [6.45, 7) is 15.1. The number of likely N-dealkylation sites (N-methyl/N-ethyl adjacent to an activating group) is 2. The lowest BCUT2D eigenvalue weighted by Gasteiger charge is -2.37. The smallest absolute Gasteiger partial charge is 0.324 e. The molecule has 1 fully saturated rings. The molecule has 1 aliphatic carbocycles. The number of hydrogen-bond acceptors (Lipinski definition) is 12. The van der Waals surface area contributed by atoms with E-state index in [0.29, 0.717) is 12.7 Å². The molecule has 20 nitrogen and oxygen atoms in total. The summed E-state index contributed by atoms with van der Waals surface area (Å²) in [7, 11) is 3.20. The molecule has 2 aliphatic rings. The minimum Gasteiger partial charge on any atom is -0.348 e. The molecule has 4 rings (SSSR count). The Kier molecular flexibility index (Phi) is 18.5. The Morgan fingerprint density at radius 2 is 1.41 bits per heavy atom. The van der Waals surface area contributed by atoms with Crippen LogP contribution in [0.25, 0.3) is 0 Å². The normalized spacial score (nSPS) is 19.2. The van der Waals surface area contributed by atoms with Gasteiger partial charge in [-0.05, 0) is 88.1 Å². The number of imide groups is 1. The molecule has 7 N–H and O–H groups in total. The molecule has 2 aromatic rings. The third-order valence-corrected chi connectivity index (χ3v) is 12.6. The van der Waals surface area contributed by atoms with E-state index in [1.54, 1.807) is 76.4 Å². The molecule has 0 saturated carbocycles. The van der Waals surface area contributed by atoms with Crippen molar-refractivity contribution in [2.75, 3.05) is 27.2 Å². The van der Waals surface area contributed by atoms with Crippen LogP contribution in [0.5, 0.6) is 0 Å². The molecule has 2 aromatic carbocycles. The predicted molar refractivity (Wildman–Crippen MR) is 254 cm³/mol. The number of nitro benzene ring substituents is 1. The first kappa shape index (κ1) is 54.3. The summed E-state index contributed by atoms with van der Waals surface area (Å²) in [5.41, 5.74) is -0.737. The standard InChI is InChI=1S/C48H70N10O10/c1-12-32(24-57(45(65)39(48(7,8)9)55-41(61)28(3)50-11)46(66)53-37-19-15-17-29-16-13-14-18-36(29)37)51-42(62)30-20-31(22-34(21-30)58(67)68)43(63)52-33-23-35(26-59)56(25-33)44(64)38(47(4,5)6)54-40(60)27(2)49-10/h13-14,16,18,20-22,26-28,32-33,35,37-39,49-50H,12,15,17,19,23-25H2,1-11H3,(H,51,62)(H,52,63)(H,53,66)(H,54,60)(H,55,61)/t27-,28-,32-,33-,35?,37+,38+,39?/m0/s1. The molecule has 1 heterocycles. The molecule has 20 heteroatoms. The van der Waals surface area contributed by atoms with E-state index in [1.807, 2.05) is 24.3 Å². The van der Waals surface area contributed by atoms with Crippen LogP contribution in [-0.2, 0) is 30.4 Å². The second kappa shape index (κ2) is 23.1. The van der Waals surface area contributed by atoms with Gasteiger partial charge in [-0.3, -0.25) is 43.8 Å². The number of benzene rings is 2. The van der Waals surface area contributed by atoms with Gasteiger partial charge in [0.25, 0.3) is 23.4 Å². The number of aldehydes is 1. The Labute approximate surface area is 398 Å². The van der Waals surface area contributed by atoms with Crippen LogP contribution in [0.1, 0.15) is 126 Å². The topological polar surface area (TPSA) is 270 Å². The second-order valence-electron chi connectivity index (χ2n) is 19.9. The van der Waals surface area contributed by atoms with Crippen molar-refractivity contribution in [3.05, 3.63) is 74.8 Å². The van der Waals surface area contributed by atoms with Crippen molar-refractivity contribution in [2.24, 2.45) is 10.8 Å². The van der Waals surface area contributed by atoms with Crippen LogP contribution < -0.4 is 37.2 Å². The van der Waals surface area contributed by atoms with Gasteiger partial charge in [0.2, 0.25) is 17.7 Å². The average Bonchev–Trinajstić information content (AvgIpc) is 3.71. The number of hydrogen-bond donors (Lipinski definition) is 7. The highest BCUT2D eigenvalue weighted by atomic mass is 16.6. The van der Waals surface area contributed by atoms with Gasteiger partial charge in [-0.2, -0.15) is 0 Å². The van der Waals surface area contributed by atoms with Crippen LogP contribution in [-0.4, -0.2) is 132 Å². The van der Waals surface area contributed by atoms with E-state index >= 15 is 0 Å². The maximum Gasteiger partial charge on any atom is 0.324 e. The third kappa shape index (κ3) is 13.7. The van der Waals surface area contributed by atoms with Gasteiger partial charge in [0.15, 0.2) is 0 Å². The molecule has 0 aromatic heterocycles. The van der Waals surface area contributed by atoms with E-state index < -0.39 is 111 Å². The highest BCUT2D eigenvalue weighted by molar-refractivity contribution is 6.02. The van der Waals surface area contributed by atoms with E-state index in [0.717, 1.165) is 47.1 Å². The lowest BCUT2D eigenvalue weighted by atomic mass is 9.85. The first-order valence-electron chi connectivity index (χ1n) is 23.2. The second-order valence-corrected chi connectivity index (χ2v) is 19.9. The monoisotopic (exact) mass is 947 g/mol. The lowest BCUT2D eigenvalue weighted by Crippen LogP contribution is -2.61. The number of carbonyl (C=O) groups excluding carboxylic acids is 8. The molecule has 68 heavy (non-hydrogen) atoms. The summed E-state index contributed by atoms with van der Waals surface area (Å²) in [6.07, 6.45) is 3.02. The Bertz CT molecular complexity index is 2220. The number of urea groups is 1. The average molecular weight is 947 g/mol. The molecular formula is C48H70N10O10. The number of nitro groups is 1. The predicted octanol–water partition coefficient (Wildman–Crippen LogP) is 2.89. The number of fused-ring (bicyclic) bond motifs is 1. The quantitative estimate of drug-likeness (QED) is 0.0646. The first-order valence-corrected chi connectivity index (χ1v) is 23.2. The first-order chi connectivity index (χ1) is 31.8. The summed E-state index contributed by atoms with van der Waals surface area (Å²) >= 11 is 0. The largest absolute Gasteiger partial charge is 0.348 e. The van der Waals surface area contributed by atoms with Gasteiger partial charge in [0.05, 0.1) is 35.6 Å². The number of likely N-dealkylation sites (tertiary alicyclic amines) is 1. The fraction of sp³-hybridized carbons (Fsp3) is 0.583. The lowest BCUT2D eigenvalue weighted by molar-refractivity contribution is -0.384. The van der Waals surface area contributed by atoms with Crippen LogP contribution in [0.2, 0.25) is 0 Å². The number of non-ortho nitro benzene ring substituents is 1. The van der Waals surface area contributed by atoms with E-state index in [9.17, 15) is 48.5 Å². The molecule has 0 bridgehead atoms. The Balaban J connectivity index is 1.60. The SMILES string of the molecule is CC[C@@H](CN(C(=O)N[C@@H]1CCCc2ccccc21)C(=O)C(NC(=O)[C@H](C)NC)C(C)(C)C)NC(=O)c1cc(C(=O)N[C@H]2CC(C=O)N(C(=O)[C@@H](NC(=O)[C@H](C)NC)C(C)(C)C)C2)cc([N+](=O)[O-])c1. The van der Waals surface area contributed by atoms with Gasteiger partial charge in [0.1, 0.15) is 18.4 Å². The fourth-order valence-electron chi connectivity index (χ4n) is 8.19. The van der Waals surface area contributed by atoms with Gasteiger partial charge in [-0.25, -0.2) is 4.79 Å². The Hall–Kier alpha value is -6.28. The van der Waals surface area contributed by atoms with Gasteiger partial charge in [0, 0.05) is 41.9 Å². The molecule has 8 atom stereocenters. The minimum atomic E-state index is -1.18. The van der Waals surface area contributed by atoms with E-state index in [1.165, 1.54) is 4.90 Å². The van der Waals surface area contributed by atoms with Gasteiger partial charge in [-0.15, -0.1) is 0 Å². The molecule has 0 radical (unpaired) electrons. The molecular weight excluding hydrogens is 877 g/mol. The maximum atomic E-state index is 14.6. The number of aryl methyl sites for hydroxylation is 1. The van der Waals surface area contributed by atoms with Gasteiger partial charge in [-0.1, -0.05) is 72.7 Å². The van der Waals surface area contributed by atoms with Crippen molar-refractivity contribution in [3.63, 3.8) is 0 Å². The zero-order valence-electron chi connectivity index (χ0n) is 41.1. The summed E-state index contributed by atoms with van der Waals surface area (Å²) in [5.74, 6) is -3.79. The highest BCUT2D eigenvalue weighted by Crippen LogP contribution is 2.31. The zero-order chi connectivity index (χ0) is 50.8. The fourth-order valence-corrected chi connectivity index (χ4v) is 8.19. The summed E-state index contributed by atoms with van der Waals surface area (Å²) in [5, 5.41) is 32.0. The molecule has 0 spiro atoms. The van der Waals surface area contributed by atoms with Crippen LogP contribution >= 0.6 is 0 Å². The van der Waals surface area contributed by atoms with Crippen molar-refractivity contribution in [1.29, 1.82) is 0 Å². The molecule has 372 valence electrons. The number of nitrogens with zero attached hydrogens (tertiary/aromatic N) is 3. The Morgan fingerprint density at radius 1 is 0.838 bits per heavy atom. The van der Waals surface area contributed by atoms with E-state index in [2.05, 4.69) is 37.2 Å². The van der Waals surface area contributed by atoms with E-state index in [-0.39, 0.29) is 37.1 Å². The van der Waals surface area contributed by atoms with Crippen LogP contribution in [0.15, 0.2) is 42.5 Å². The van der Waals surface area contributed by atoms with Crippen molar-refractivity contribution >= 4 is 53.4 Å². The van der Waals surface area contributed by atoms with Crippen LogP contribution in [0, 0.1) is 20.9 Å². The molecule has 8 amide bonds. The summed E-state index contributed by atoms with van der Waals surface area (Å²) < 4.78 is 0. The zero-order valence-corrected chi connectivity index (χ0v) is 41.1. The number of carbonyl (C=O) groups is 8. The molecule has 1 aliphatic heterocycles. The third-order valence-electron chi connectivity index (χ3n) is 12.6. The van der Waals surface area contributed by atoms with Crippen LogP contribution in [0.4, 0.5) is 10.5 Å². The van der Waals surface area contributed by atoms with Crippen molar-refractivity contribution in [2.45, 2.75) is 143 Å². The molecule has 1 saturated heterocycles. The number of nitrogens with one attached hydrogen (secondary N) is 7. The van der Waals surface area contributed by atoms with Crippen molar-refractivity contribution in [1.82, 2.24) is 47.0 Å². The van der Waals surface area contributed by atoms with E-state index in [4.69, 9.17) is 0 Å². The highest BCUT2D eigenvalue weighted by Gasteiger charge is 2.44. The molecule has 2 unspecified atom stereocenters. The Morgan fingerprint density at radius 3 is 1.96 bits per heavy atom. The number of rotatable bonds is 18. The van der Waals surface area contributed by atoms with Crippen molar-refractivity contribution < 1.29 is 43.3 Å². The minimum absolute atomic E-state index is 0.0173. The van der Waals surface area contributed by atoms with Crippen LogP contribution in [0.3, 0.4) is 0 Å². The maximum absolute atomic E-state index is 14.6. The van der Waals surface area contributed by atoms with Gasteiger partial charge >= 0.3 is 6.03 Å². The summed E-state index contributed by atoms with van der Waals surface area (Å²) in [4.78, 5) is 123.